The first kappa shape index (κ1) is 21.0. The van der Waals surface area contributed by atoms with E-state index in [9.17, 15) is 9.90 Å². The molecule has 0 spiro atoms. The summed E-state index contributed by atoms with van der Waals surface area (Å²) in [6.45, 7) is 6.34. The zero-order valence-electron chi connectivity index (χ0n) is 16.7. The number of H-pyrrole nitrogens is 1. The van der Waals surface area contributed by atoms with Gasteiger partial charge in [-0.3, -0.25) is 9.69 Å². The maximum Gasteiger partial charge on any atom is 0.259 e. The number of hydrogen-bond acceptors (Lipinski definition) is 6. The van der Waals surface area contributed by atoms with Gasteiger partial charge >= 0.3 is 0 Å². The van der Waals surface area contributed by atoms with Gasteiger partial charge in [0.05, 0.1) is 24.6 Å². The Morgan fingerprint density at radius 3 is 2.89 bits per heavy atom. The summed E-state index contributed by atoms with van der Waals surface area (Å²) in [5, 5.41) is 11.0. The lowest BCUT2D eigenvalue weighted by atomic mass is 9.97. The van der Waals surface area contributed by atoms with Gasteiger partial charge in [0.15, 0.2) is 0 Å². The smallest absolute Gasteiger partial charge is 0.259 e. The van der Waals surface area contributed by atoms with E-state index in [0.29, 0.717) is 24.8 Å². The zero-order chi connectivity index (χ0) is 20.1. The van der Waals surface area contributed by atoms with E-state index >= 15 is 0 Å². The minimum absolute atomic E-state index is 0.0400. The molecule has 2 aromatic heterocycles. The molecular weight excluding hydrogens is 374 g/mol. The normalized spacial score (nSPS) is 15.1. The molecule has 0 amide bonds. The topological polar surface area (TPSA) is 78.5 Å². The van der Waals surface area contributed by atoms with Gasteiger partial charge in [0, 0.05) is 18.0 Å². The third-order valence-corrected chi connectivity index (χ3v) is 6.02. The number of thiophene rings is 1. The highest BCUT2D eigenvalue weighted by Gasteiger charge is 2.21. The van der Waals surface area contributed by atoms with Crippen molar-refractivity contribution in [2.75, 3.05) is 26.3 Å². The number of aromatic nitrogens is 2. The molecule has 7 heteroatoms. The van der Waals surface area contributed by atoms with Crippen molar-refractivity contribution in [1.82, 2.24) is 14.9 Å². The average molecular weight is 404 g/mol. The quantitative estimate of drug-likeness (QED) is 0.496. The van der Waals surface area contributed by atoms with E-state index in [0.717, 1.165) is 36.0 Å². The number of rotatable bonds is 9. The van der Waals surface area contributed by atoms with Crippen molar-refractivity contribution in [2.45, 2.75) is 52.2 Å². The van der Waals surface area contributed by atoms with Crippen molar-refractivity contribution in [2.24, 2.45) is 5.92 Å². The molecule has 0 saturated carbocycles. The summed E-state index contributed by atoms with van der Waals surface area (Å²) in [5.74, 6) is 3.46. The molecule has 0 radical (unpaired) electrons. The maximum absolute atomic E-state index is 12.7. The fourth-order valence-corrected chi connectivity index (χ4v) is 5.10. The van der Waals surface area contributed by atoms with Gasteiger partial charge in [0.2, 0.25) is 0 Å². The summed E-state index contributed by atoms with van der Waals surface area (Å²) in [5.41, 5.74) is 1.16. The standard InChI is InChI=1S/C21H29N3O3S/c1-4-9-27-13-15(25)11-24(10-14(2)3)12-18-22-20(26)19-16-7-5-6-8-17(16)28-21(19)23-18/h1,14-15,25H,5-13H2,2-3H3,(H,22,23,26). The lowest BCUT2D eigenvalue weighted by molar-refractivity contribution is 0.0232. The highest BCUT2D eigenvalue weighted by atomic mass is 32.1. The molecule has 6 nitrogen and oxygen atoms in total. The van der Waals surface area contributed by atoms with Gasteiger partial charge in [0.25, 0.3) is 5.56 Å². The highest BCUT2D eigenvalue weighted by molar-refractivity contribution is 7.18. The Bertz CT molecular complexity index is 897. The molecule has 1 unspecified atom stereocenters. The molecular formula is C21H29N3O3S. The summed E-state index contributed by atoms with van der Waals surface area (Å²) in [4.78, 5) is 24.7. The van der Waals surface area contributed by atoms with Crippen molar-refractivity contribution in [1.29, 1.82) is 0 Å². The van der Waals surface area contributed by atoms with Crippen molar-refractivity contribution >= 4 is 21.6 Å². The van der Waals surface area contributed by atoms with Crippen LogP contribution in [-0.4, -0.2) is 52.4 Å². The summed E-state index contributed by atoms with van der Waals surface area (Å²) in [7, 11) is 0. The zero-order valence-corrected chi connectivity index (χ0v) is 17.5. The fraction of sp³-hybridized carbons (Fsp3) is 0.619. The number of fused-ring (bicyclic) bond motifs is 3. The summed E-state index contributed by atoms with van der Waals surface area (Å²) >= 11 is 1.66. The van der Waals surface area contributed by atoms with E-state index in [2.05, 4.69) is 29.7 Å². The van der Waals surface area contributed by atoms with Gasteiger partial charge in [-0.15, -0.1) is 17.8 Å². The molecule has 1 aliphatic carbocycles. The lowest BCUT2D eigenvalue weighted by Crippen LogP contribution is -2.37. The van der Waals surface area contributed by atoms with E-state index in [4.69, 9.17) is 16.1 Å². The Kier molecular flexibility index (Phi) is 7.24. The number of terminal acetylenes is 1. The Morgan fingerprint density at radius 1 is 1.36 bits per heavy atom. The van der Waals surface area contributed by atoms with Gasteiger partial charge in [-0.1, -0.05) is 19.8 Å². The number of aliphatic hydroxyl groups excluding tert-OH is 1. The molecule has 0 aromatic carbocycles. The predicted octanol–water partition coefficient (Wildman–Crippen LogP) is 2.33. The fourth-order valence-electron chi connectivity index (χ4n) is 3.82. The summed E-state index contributed by atoms with van der Waals surface area (Å²) in [6.07, 6.45) is 8.88. The van der Waals surface area contributed by atoms with Crippen LogP contribution >= 0.6 is 11.3 Å². The summed E-state index contributed by atoms with van der Waals surface area (Å²) < 4.78 is 5.24. The molecule has 3 rings (SSSR count). The van der Waals surface area contributed by atoms with E-state index in [1.165, 1.54) is 16.9 Å². The Balaban J connectivity index is 1.77. The van der Waals surface area contributed by atoms with Crippen molar-refractivity contribution in [3.63, 3.8) is 0 Å². The second-order valence-corrected chi connectivity index (χ2v) is 8.95. The first-order valence-electron chi connectivity index (χ1n) is 9.93. The number of nitrogens with one attached hydrogen (secondary N) is 1. The van der Waals surface area contributed by atoms with Gasteiger partial charge < -0.3 is 14.8 Å². The maximum atomic E-state index is 12.7. The van der Waals surface area contributed by atoms with E-state index in [1.807, 2.05) is 0 Å². The van der Waals surface area contributed by atoms with Crippen molar-refractivity contribution < 1.29 is 9.84 Å². The number of hydrogen-bond donors (Lipinski definition) is 2. The first-order chi connectivity index (χ1) is 13.5. The molecule has 0 aliphatic heterocycles. The molecule has 1 atom stereocenters. The van der Waals surface area contributed by atoms with Crippen molar-refractivity contribution in [3.05, 3.63) is 26.6 Å². The highest BCUT2D eigenvalue weighted by Crippen LogP contribution is 2.33. The molecule has 0 saturated heterocycles. The summed E-state index contributed by atoms with van der Waals surface area (Å²) in [6, 6.07) is 0. The van der Waals surface area contributed by atoms with Crippen LogP contribution in [0.1, 0.15) is 43.0 Å². The second kappa shape index (κ2) is 9.66. The Labute approximate surface area is 169 Å². The van der Waals surface area contributed by atoms with E-state index in [-0.39, 0.29) is 18.8 Å². The minimum atomic E-state index is -0.642. The van der Waals surface area contributed by atoms with Crippen LogP contribution in [0.2, 0.25) is 0 Å². The minimum Gasteiger partial charge on any atom is -0.389 e. The van der Waals surface area contributed by atoms with Crippen LogP contribution in [0.15, 0.2) is 4.79 Å². The van der Waals surface area contributed by atoms with Crippen LogP contribution in [-0.2, 0) is 24.1 Å². The molecule has 28 heavy (non-hydrogen) atoms. The van der Waals surface area contributed by atoms with Gasteiger partial charge in [-0.05, 0) is 37.2 Å². The predicted molar refractivity (Wildman–Crippen MR) is 113 cm³/mol. The van der Waals surface area contributed by atoms with Gasteiger partial charge in [0.1, 0.15) is 17.3 Å². The van der Waals surface area contributed by atoms with Crippen LogP contribution in [0, 0.1) is 18.3 Å². The molecule has 0 fully saturated rings. The van der Waals surface area contributed by atoms with Crippen LogP contribution in [0.3, 0.4) is 0 Å². The van der Waals surface area contributed by atoms with Crippen LogP contribution < -0.4 is 5.56 Å². The second-order valence-electron chi connectivity index (χ2n) is 7.86. The van der Waals surface area contributed by atoms with Crippen molar-refractivity contribution in [3.8, 4) is 12.3 Å². The Hall–Kier alpha value is -1.72. The first-order valence-corrected chi connectivity index (χ1v) is 10.7. The molecule has 2 N–H and O–H groups in total. The molecule has 1 aliphatic rings. The molecule has 2 heterocycles. The average Bonchev–Trinajstić information content (AvgIpc) is 3.00. The number of ether oxygens (including phenoxy) is 1. The van der Waals surface area contributed by atoms with Crippen LogP contribution in [0.25, 0.3) is 10.2 Å². The SMILES string of the molecule is C#CCOCC(O)CN(Cc1nc2sc3c(c2c(=O)[nH]1)CCCC3)CC(C)C. The van der Waals surface area contributed by atoms with Crippen LogP contribution in [0.5, 0.6) is 0 Å². The number of nitrogens with zero attached hydrogens (tertiary/aromatic N) is 2. The third kappa shape index (κ3) is 5.21. The molecule has 0 bridgehead atoms. The Morgan fingerprint density at radius 2 is 2.14 bits per heavy atom. The van der Waals surface area contributed by atoms with Crippen LogP contribution in [0.4, 0.5) is 0 Å². The number of aliphatic hydroxyl groups is 1. The van der Waals surface area contributed by atoms with Gasteiger partial charge in [-0.2, -0.15) is 0 Å². The molecule has 152 valence electrons. The van der Waals surface area contributed by atoms with E-state index < -0.39 is 6.10 Å². The largest absolute Gasteiger partial charge is 0.389 e. The number of aromatic amines is 1. The number of aryl methyl sites for hydroxylation is 2. The lowest BCUT2D eigenvalue weighted by Gasteiger charge is -2.26. The van der Waals surface area contributed by atoms with Gasteiger partial charge in [-0.25, -0.2) is 4.98 Å². The third-order valence-electron chi connectivity index (χ3n) is 4.84. The molecule has 2 aromatic rings. The van der Waals surface area contributed by atoms with E-state index in [1.54, 1.807) is 11.3 Å². The monoisotopic (exact) mass is 403 g/mol.